The molecule has 0 aliphatic rings. The fraction of sp³-hybridized carbons (Fsp3) is 0.800. The maximum atomic E-state index is 5.19. The Balaban J connectivity index is 2.46. The Morgan fingerprint density at radius 3 is 2.73 bits per heavy atom. The lowest BCUT2D eigenvalue weighted by molar-refractivity contribution is 0.111. The molecule has 1 aromatic heterocycles. The van der Waals surface area contributed by atoms with Crippen LogP contribution in [0.3, 0.4) is 0 Å². The third kappa shape index (κ3) is 3.85. The lowest BCUT2D eigenvalue weighted by Crippen LogP contribution is -2.11. The Labute approximate surface area is 95.1 Å². The number of methoxy groups -OCH3 is 1. The van der Waals surface area contributed by atoms with Crippen LogP contribution in [0, 0.1) is 0 Å². The zero-order chi connectivity index (χ0) is 11.3. The highest BCUT2D eigenvalue weighted by molar-refractivity contribution is 7.11. The topological polar surface area (TPSA) is 47.0 Å². The molecule has 0 bridgehead atoms. The fourth-order valence-corrected chi connectivity index (χ4v) is 2.03. The van der Waals surface area contributed by atoms with Crippen molar-refractivity contribution in [2.24, 2.45) is 0 Å². The lowest BCUT2D eigenvalue weighted by atomic mass is 10.2. The van der Waals surface area contributed by atoms with E-state index in [1.54, 1.807) is 18.4 Å². The van der Waals surface area contributed by atoms with Gasteiger partial charge in [-0.25, -0.2) is 0 Å². The van der Waals surface area contributed by atoms with Gasteiger partial charge in [-0.05, 0) is 27.3 Å². The molecule has 0 saturated carbocycles. The molecule has 1 aromatic rings. The number of aromatic nitrogens is 2. The van der Waals surface area contributed by atoms with Crippen LogP contribution in [0.15, 0.2) is 0 Å². The van der Waals surface area contributed by atoms with Gasteiger partial charge in [-0.3, -0.25) is 0 Å². The van der Waals surface area contributed by atoms with Crippen molar-refractivity contribution >= 4 is 11.3 Å². The second-order valence-electron chi connectivity index (χ2n) is 3.63. The van der Waals surface area contributed by atoms with Crippen molar-refractivity contribution in [3.8, 4) is 0 Å². The lowest BCUT2D eigenvalue weighted by Gasteiger charge is -2.06. The average molecular weight is 229 g/mol. The van der Waals surface area contributed by atoms with E-state index in [1.807, 2.05) is 7.05 Å². The van der Waals surface area contributed by atoms with Crippen LogP contribution in [0.2, 0.25) is 0 Å². The van der Waals surface area contributed by atoms with Gasteiger partial charge in [0.25, 0.3) is 0 Å². The van der Waals surface area contributed by atoms with E-state index < -0.39 is 0 Å². The zero-order valence-electron chi connectivity index (χ0n) is 9.78. The molecule has 1 heterocycles. The van der Waals surface area contributed by atoms with Crippen LogP contribution < -0.4 is 5.32 Å². The summed E-state index contributed by atoms with van der Waals surface area (Å²) in [6.07, 6.45) is 2.24. The summed E-state index contributed by atoms with van der Waals surface area (Å²) >= 11 is 1.68. The van der Waals surface area contributed by atoms with Gasteiger partial charge in [0.05, 0.1) is 12.1 Å². The fourth-order valence-electron chi connectivity index (χ4n) is 1.11. The predicted octanol–water partition coefficient (Wildman–Crippen LogP) is 1.79. The standard InChI is InChI=1S/C10H19N3OS/c1-7(14-4)5-6-9-12-13-10(15-9)8(2)11-3/h7-8,11H,5-6H2,1-4H3. The molecule has 4 nitrogen and oxygen atoms in total. The summed E-state index contributed by atoms with van der Waals surface area (Å²) in [6, 6.07) is 0.288. The predicted molar refractivity (Wildman–Crippen MR) is 62.2 cm³/mol. The van der Waals surface area contributed by atoms with E-state index in [0.29, 0.717) is 6.10 Å². The van der Waals surface area contributed by atoms with E-state index in [1.165, 1.54) is 0 Å². The number of rotatable bonds is 6. The van der Waals surface area contributed by atoms with Gasteiger partial charge >= 0.3 is 0 Å². The molecular formula is C10H19N3OS. The van der Waals surface area contributed by atoms with Crippen molar-refractivity contribution in [3.05, 3.63) is 10.0 Å². The summed E-state index contributed by atoms with van der Waals surface area (Å²) in [7, 11) is 3.66. The highest BCUT2D eigenvalue weighted by Crippen LogP contribution is 2.18. The second kappa shape index (κ2) is 6.15. The minimum Gasteiger partial charge on any atom is -0.382 e. The largest absolute Gasteiger partial charge is 0.382 e. The summed E-state index contributed by atoms with van der Waals surface area (Å²) in [5, 5.41) is 13.6. The van der Waals surface area contributed by atoms with Gasteiger partial charge in [-0.2, -0.15) is 0 Å². The maximum Gasteiger partial charge on any atom is 0.134 e. The van der Waals surface area contributed by atoms with Gasteiger partial charge in [0.15, 0.2) is 0 Å². The Hall–Kier alpha value is -0.520. The monoisotopic (exact) mass is 229 g/mol. The second-order valence-corrected chi connectivity index (χ2v) is 4.72. The molecular weight excluding hydrogens is 210 g/mol. The van der Waals surface area contributed by atoms with Crippen LogP contribution in [-0.4, -0.2) is 30.5 Å². The molecule has 0 aliphatic heterocycles. The van der Waals surface area contributed by atoms with Crippen LogP contribution in [-0.2, 0) is 11.2 Å². The Kier molecular flexibility index (Phi) is 5.14. The minimum atomic E-state index is 0.288. The van der Waals surface area contributed by atoms with Crippen molar-refractivity contribution in [1.29, 1.82) is 0 Å². The number of aryl methyl sites for hydroxylation is 1. The van der Waals surface area contributed by atoms with Gasteiger partial charge in [-0.15, -0.1) is 10.2 Å². The van der Waals surface area contributed by atoms with Gasteiger partial charge < -0.3 is 10.1 Å². The number of nitrogens with zero attached hydrogens (tertiary/aromatic N) is 2. The van der Waals surface area contributed by atoms with Crippen molar-refractivity contribution < 1.29 is 4.74 Å². The third-order valence-electron chi connectivity index (χ3n) is 2.45. The molecule has 0 spiro atoms. The molecule has 0 saturated heterocycles. The first-order chi connectivity index (χ1) is 7.17. The quantitative estimate of drug-likeness (QED) is 0.808. The van der Waals surface area contributed by atoms with E-state index in [-0.39, 0.29) is 6.04 Å². The Morgan fingerprint density at radius 1 is 1.40 bits per heavy atom. The molecule has 0 aliphatic carbocycles. The summed E-state index contributed by atoms with van der Waals surface area (Å²) in [5.74, 6) is 0. The molecule has 0 radical (unpaired) electrons. The molecule has 0 aromatic carbocycles. The summed E-state index contributed by atoms with van der Waals surface area (Å²) in [4.78, 5) is 0. The Bertz CT molecular complexity index is 290. The number of hydrogen-bond acceptors (Lipinski definition) is 5. The van der Waals surface area contributed by atoms with Crippen LogP contribution >= 0.6 is 11.3 Å². The van der Waals surface area contributed by atoms with Crippen LogP contribution in [0.5, 0.6) is 0 Å². The third-order valence-corrected chi connectivity index (χ3v) is 3.62. The van der Waals surface area contributed by atoms with Crippen molar-refractivity contribution in [3.63, 3.8) is 0 Å². The SMILES string of the molecule is CNC(C)c1nnc(CCC(C)OC)s1. The van der Waals surface area contributed by atoms with Crippen molar-refractivity contribution in [2.45, 2.75) is 38.8 Å². The van der Waals surface area contributed by atoms with E-state index >= 15 is 0 Å². The first kappa shape index (κ1) is 12.5. The zero-order valence-corrected chi connectivity index (χ0v) is 10.6. The van der Waals surface area contributed by atoms with Crippen LogP contribution in [0.1, 0.15) is 36.3 Å². The molecule has 0 amide bonds. The van der Waals surface area contributed by atoms with Crippen LogP contribution in [0.25, 0.3) is 0 Å². The first-order valence-electron chi connectivity index (χ1n) is 5.19. The molecule has 15 heavy (non-hydrogen) atoms. The summed E-state index contributed by atoms with van der Waals surface area (Å²) < 4.78 is 5.19. The van der Waals surface area contributed by atoms with E-state index in [0.717, 1.165) is 22.9 Å². The van der Waals surface area contributed by atoms with Crippen LogP contribution in [0.4, 0.5) is 0 Å². The molecule has 5 heteroatoms. The van der Waals surface area contributed by atoms with Gasteiger partial charge in [-0.1, -0.05) is 11.3 Å². The number of nitrogens with one attached hydrogen (secondary N) is 1. The molecule has 1 rings (SSSR count). The molecule has 1 N–H and O–H groups in total. The first-order valence-corrected chi connectivity index (χ1v) is 6.01. The van der Waals surface area contributed by atoms with Gasteiger partial charge in [0, 0.05) is 13.5 Å². The van der Waals surface area contributed by atoms with Gasteiger partial charge in [0.1, 0.15) is 10.0 Å². The maximum absolute atomic E-state index is 5.19. The highest BCUT2D eigenvalue weighted by Gasteiger charge is 2.10. The highest BCUT2D eigenvalue weighted by atomic mass is 32.1. The molecule has 0 fully saturated rings. The molecule has 2 atom stereocenters. The van der Waals surface area contributed by atoms with E-state index in [2.05, 4.69) is 29.4 Å². The number of ether oxygens (including phenoxy) is 1. The van der Waals surface area contributed by atoms with Gasteiger partial charge in [0.2, 0.25) is 0 Å². The Morgan fingerprint density at radius 2 is 2.13 bits per heavy atom. The van der Waals surface area contributed by atoms with Crippen molar-refractivity contribution in [2.75, 3.05) is 14.2 Å². The van der Waals surface area contributed by atoms with E-state index in [9.17, 15) is 0 Å². The smallest absolute Gasteiger partial charge is 0.134 e. The van der Waals surface area contributed by atoms with E-state index in [4.69, 9.17) is 4.74 Å². The molecule has 2 unspecified atom stereocenters. The molecule has 86 valence electrons. The number of hydrogen-bond donors (Lipinski definition) is 1. The minimum absolute atomic E-state index is 0.288. The summed E-state index contributed by atoms with van der Waals surface area (Å²) in [5.41, 5.74) is 0. The normalized spacial score (nSPS) is 15.2. The summed E-state index contributed by atoms with van der Waals surface area (Å²) in [6.45, 7) is 4.15. The van der Waals surface area contributed by atoms with Crippen molar-refractivity contribution in [1.82, 2.24) is 15.5 Å². The average Bonchev–Trinajstić information content (AvgIpc) is 2.73.